The second-order valence-corrected chi connectivity index (χ2v) is 5.69. The zero-order valence-corrected chi connectivity index (χ0v) is 12.4. The van der Waals surface area contributed by atoms with E-state index in [4.69, 9.17) is 9.84 Å². The predicted molar refractivity (Wildman–Crippen MR) is 78.4 cm³/mol. The largest absolute Gasteiger partial charge is 0.480 e. The van der Waals surface area contributed by atoms with Crippen LogP contribution in [0.3, 0.4) is 0 Å². The van der Waals surface area contributed by atoms with Gasteiger partial charge in [-0.1, -0.05) is 6.08 Å². The highest BCUT2D eigenvalue weighted by atomic mass is 32.1. The number of ether oxygens (including phenoxy) is 1. The Morgan fingerprint density at radius 1 is 1.67 bits per heavy atom. The summed E-state index contributed by atoms with van der Waals surface area (Å²) in [5, 5.41) is 14.0. The average molecular weight is 310 g/mol. The molecule has 0 saturated carbocycles. The molecule has 114 valence electrons. The normalized spacial score (nSPS) is 19.1. The van der Waals surface area contributed by atoms with Crippen LogP contribution in [0.25, 0.3) is 0 Å². The number of amides is 1. The van der Waals surface area contributed by atoms with Gasteiger partial charge in [-0.25, -0.2) is 9.78 Å². The minimum Gasteiger partial charge on any atom is -0.480 e. The molecule has 2 atom stereocenters. The van der Waals surface area contributed by atoms with E-state index >= 15 is 0 Å². The van der Waals surface area contributed by atoms with Crippen molar-refractivity contribution < 1.29 is 19.4 Å². The van der Waals surface area contributed by atoms with Crippen LogP contribution in [0.15, 0.2) is 18.0 Å². The van der Waals surface area contributed by atoms with Crippen molar-refractivity contribution in [1.29, 1.82) is 0 Å². The number of nitrogens with zero attached hydrogens (tertiary/aromatic N) is 1. The molecule has 21 heavy (non-hydrogen) atoms. The van der Waals surface area contributed by atoms with Gasteiger partial charge < -0.3 is 15.2 Å². The molecule has 0 aliphatic carbocycles. The third-order valence-corrected chi connectivity index (χ3v) is 4.16. The standard InChI is InChI=1S/C14H18N2O4S/c1-2-3-5-9(14(18)19)15-12(17)10-8-21-13(16-10)11-6-4-7-20-11/h2,8-9,11H,1,3-7H2,(H,15,17)(H,18,19). The van der Waals surface area contributed by atoms with Gasteiger partial charge in [-0.05, 0) is 25.7 Å². The molecule has 2 unspecified atom stereocenters. The Hall–Kier alpha value is -1.73. The van der Waals surface area contributed by atoms with Crippen molar-refractivity contribution in [3.05, 3.63) is 28.7 Å². The zero-order valence-electron chi connectivity index (χ0n) is 11.6. The van der Waals surface area contributed by atoms with Gasteiger partial charge in [-0.15, -0.1) is 17.9 Å². The summed E-state index contributed by atoms with van der Waals surface area (Å²) >= 11 is 1.37. The van der Waals surface area contributed by atoms with E-state index in [2.05, 4.69) is 16.9 Å². The van der Waals surface area contributed by atoms with Gasteiger partial charge >= 0.3 is 5.97 Å². The first-order valence-corrected chi connectivity index (χ1v) is 7.71. The molecule has 2 N–H and O–H groups in total. The highest BCUT2D eigenvalue weighted by Crippen LogP contribution is 2.30. The molecule has 0 bridgehead atoms. The molecule has 1 fully saturated rings. The first kappa shape index (κ1) is 15.7. The van der Waals surface area contributed by atoms with E-state index in [0.29, 0.717) is 19.4 Å². The summed E-state index contributed by atoms with van der Waals surface area (Å²) in [7, 11) is 0. The third kappa shape index (κ3) is 4.12. The van der Waals surface area contributed by atoms with Crippen molar-refractivity contribution in [3.8, 4) is 0 Å². The van der Waals surface area contributed by atoms with Crippen LogP contribution in [-0.4, -0.2) is 34.6 Å². The zero-order chi connectivity index (χ0) is 15.2. The molecule has 0 radical (unpaired) electrons. The van der Waals surface area contributed by atoms with Gasteiger partial charge in [0.2, 0.25) is 0 Å². The minimum absolute atomic E-state index is 0.0346. The van der Waals surface area contributed by atoms with Gasteiger partial charge in [-0.2, -0.15) is 0 Å². The molecule has 2 heterocycles. The monoisotopic (exact) mass is 310 g/mol. The van der Waals surface area contributed by atoms with Gasteiger partial charge in [0.1, 0.15) is 22.8 Å². The lowest BCUT2D eigenvalue weighted by molar-refractivity contribution is -0.139. The van der Waals surface area contributed by atoms with Crippen LogP contribution in [-0.2, 0) is 9.53 Å². The van der Waals surface area contributed by atoms with Crippen molar-refractivity contribution in [2.75, 3.05) is 6.61 Å². The molecule has 7 heteroatoms. The van der Waals surface area contributed by atoms with E-state index in [1.54, 1.807) is 11.5 Å². The van der Waals surface area contributed by atoms with Crippen LogP contribution in [0.4, 0.5) is 0 Å². The number of hydrogen-bond donors (Lipinski definition) is 2. The van der Waals surface area contributed by atoms with Gasteiger partial charge in [-0.3, -0.25) is 4.79 Å². The quantitative estimate of drug-likeness (QED) is 0.753. The van der Waals surface area contributed by atoms with E-state index in [1.165, 1.54) is 11.3 Å². The number of carboxylic acid groups (broad SMARTS) is 1. The van der Waals surface area contributed by atoms with Crippen LogP contribution in [0.5, 0.6) is 0 Å². The summed E-state index contributed by atoms with van der Waals surface area (Å²) in [5.41, 5.74) is 0.246. The van der Waals surface area contributed by atoms with Crippen LogP contribution >= 0.6 is 11.3 Å². The maximum atomic E-state index is 12.1. The number of carboxylic acids is 1. The number of hydrogen-bond acceptors (Lipinski definition) is 5. The molecule has 0 spiro atoms. The number of aromatic nitrogens is 1. The molecule has 1 amide bonds. The molecule has 1 aromatic heterocycles. The highest BCUT2D eigenvalue weighted by Gasteiger charge is 2.24. The average Bonchev–Trinajstić information content (AvgIpc) is 3.12. The molecule has 1 saturated heterocycles. The number of carbonyl (C=O) groups excluding carboxylic acids is 1. The summed E-state index contributed by atoms with van der Waals surface area (Å²) in [4.78, 5) is 27.4. The Kier molecular flexibility index (Phi) is 5.46. The first-order valence-electron chi connectivity index (χ1n) is 6.83. The lowest BCUT2D eigenvalue weighted by Gasteiger charge is -2.12. The van der Waals surface area contributed by atoms with Crippen molar-refractivity contribution >= 4 is 23.2 Å². The number of nitrogens with one attached hydrogen (secondary N) is 1. The summed E-state index contributed by atoms with van der Waals surface area (Å²) in [5.74, 6) is -1.52. The van der Waals surface area contributed by atoms with Crippen molar-refractivity contribution in [2.24, 2.45) is 0 Å². The molecular formula is C14H18N2O4S. The summed E-state index contributed by atoms with van der Waals surface area (Å²) in [6.45, 7) is 4.26. The third-order valence-electron chi connectivity index (χ3n) is 3.22. The van der Waals surface area contributed by atoms with Crippen molar-refractivity contribution in [2.45, 2.75) is 37.8 Å². The number of aliphatic carboxylic acids is 1. The van der Waals surface area contributed by atoms with E-state index < -0.39 is 17.9 Å². The van der Waals surface area contributed by atoms with Crippen LogP contribution < -0.4 is 5.32 Å². The second kappa shape index (κ2) is 7.33. The van der Waals surface area contributed by atoms with Gasteiger partial charge in [0.15, 0.2) is 0 Å². The maximum Gasteiger partial charge on any atom is 0.326 e. The number of thiazole rings is 1. The topological polar surface area (TPSA) is 88.5 Å². The Labute approximate surface area is 126 Å². The smallest absolute Gasteiger partial charge is 0.326 e. The lowest BCUT2D eigenvalue weighted by Crippen LogP contribution is -2.40. The highest BCUT2D eigenvalue weighted by molar-refractivity contribution is 7.09. The summed E-state index contributed by atoms with van der Waals surface area (Å²) in [6.07, 6.45) is 4.33. The Bertz CT molecular complexity index is 523. The Balaban J connectivity index is 1.98. The molecular weight excluding hydrogens is 292 g/mol. The van der Waals surface area contributed by atoms with Crippen LogP contribution in [0, 0.1) is 0 Å². The fourth-order valence-corrected chi connectivity index (χ4v) is 2.97. The van der Waals surface area contributed by atoms with E-state index in [1.807, 2.05) is 0 Å². The van der Waals surface area contributed by atoms with E-state index in [0.717, 1.165) is 17.8 Å². The SMILES string of the molecule is C=CCCC(NC(=O)c1csc(C2CCCO2)n1)C(=O)O. The van der Waals surface area contributed by atoms with Crippen molar-refractivity contribution in [1.82, 2.24) is 10.3 Å². The summed E-state index contributed by atoms with van der Waals surface area (Å²) < 4.78 is 5.52. The predicted octanol–water partition coefficient (Wildman–Crippen LogP) is 2.14. The fraction of sp³-hybridized carbons (Fsp3) is 0.500. The molecule has 1 aliphatic heterocycles. The second-order valence-electron chi connectivity index (χ2n) is 4.80. The van der Waals surface area contributed by atoms with Gasteiger partial charge in [0, 0.05) is 12.0 Å². The van der Waals surface area contributed by atoms with Crippen LogP contribution in [0.1, 0.15) is 47.3 Å². The molecule has 2 rings (SSSR count). The van der Waals surface area contributed by atoms with E-state index in [9.17, 15) is 9.59 Å². The summed E-state index contributed by atoms with van der Waals surface area (Å²) in [6, 6.07) is -0.927. The molecule has 0 aromatic carbocycles. The maximum absolute atomic E-state index is 12.1. The number of carbonyl (C=O) groups is 2. The molecule has 6 nitrogen and oxygen atoms in total. The Morgan fingerprint density at radius 3 is 3.10 bits per heavy atom. The van der Waals surface area contributed by atoms with Gasteiger partial charge in [0.25, 0.3) is 5.91 Å². The first-order chi connectivity index (χ1) is 10.1. The molecule has 1 aliphatic rings. The fourth-order valence-electron chi connectivity index (χ4n) is 2.09. The van der Waals surface area contributed by atoms with Crippen LogP contribution in [0.2, 0.25) is 0 Å². The number of rotatable bonds is 7. The number of allylic oxidation sites excluding steroid dienone is 1. The van der Waals surface area contributed by atoms with Gasteiger partial charge in [0.05, 0.1) is 0 Å². The minimum atomic E-state index is -1.06. The lowest BCUT2D eigenvalue weighted by atomic mass is 10.1. The Morgan fingerprint density at radius 2 is 2.48 bits per heavy atom. The van der Waals surface area contributed by atoms with E-state index in [-0.39, 0.29) is 11.8 Å². The van der Waals surface area contributed by atoms with Crippen molar-refractivity contribution in [3.63, 3.8) is 0 Å². The molecule has 1 aromatic rings.